The van der Waals surface area contributed by atoms with Crippen LogP contribution in [0.3, 0.4) is 0 Å². The van der Waals surface area contributed by atoms with Crippen molar-refractivity contribution >= 4 is 40.8 Å². The number of halogens is 1. The normalized spacial score (nSPS) is 15.7. The van der Waals surface area contributed by atoms with Crippen LogP contribution in [0.25, 0.3) is 0 Å². The van der Waals surface area contributed by atoms with Gasteiger partial charge in [-0.1, -0.05) is 29.8 Å². The van der Waals surface area contributed by atoms with Crippen molar-refractivity contribution in [2.24, 2.45) is 0 Å². The number of aryl methyl sites for hydroxylation is 2. The van der Waals surface area contributed by atoms with Crippen molar-refractivity contribution < 1.29 is 23.9 Å². The first-order valence-corrected chi connectivity index (χ1v) is 15.5. The molecule has 0 N–H and O–H groups in total. The molecule has 0 saturated heterocycles. The molecular weight excluding hydrogens is 592 g/mol. The molecule has 0 saturated carbocycles. The van der Waals surface area contributed by atoms with Crippen LogP contribution in [0.5, 0.6) is 5.75 Å². The van der Waals surface area contributed by atoms with Crippen LogP contribution in [-0.2, 0) is 16.1 Å². The number of esters is 1. The molecule has 2 atom stereocenters. The Balaban J connectivity index is 1.27. The molecule has 0 fully saturated rings. The molecule has 1 aromatic heterocycles. The Morgan fingerprint density at radius 1 is 1.02 bits per heavy atom. The molecule has 1 aliphatic rings. The molecule has 1 aliphatic heterocycles. The maximum absolute atomic E-state index is 13.9. The summed E-state index contributed by atoms with van der Waals surface area (Å²) in [5, 5.41) is 0.599. The third kappa shape index (κ3) is 6.88. The zero-order valence-corrected chi connectivity index (χ0v) is 26.7. The van der Waals surface area contributed by atoms with E-state index in [1.54, 1.807) is 73.0 Å². The second-order valence-corrected chi connectivity index (χ2v) is 11.5. The summed E-state index contributed by atoms with van der Waals surface area (Å²) in [6.07, 6.45) is 2.86. The number of fused-ring (bicyclic) bond motifs is 1. The molecule has 0 bridgehead atoms. The highest BCUT2D eigenvalue weighted by molar-refractivity contribution is 6.30. The van der Waals surface area contributed by atoms with Crippen molar-refractivity contribution in [3.8, 4) is 5.75 Å². The first kappa shape index (κ1) is 31.8. The minimum Gasteiger partial charge on any atom is -0.494 e. The van der Waals surface area contributed by atoms with E-state index in [0.717, 1.165) is 16.9 Å². The van der Waals surface area contributed by atoms with Gasteiger partial charge in [-0.3, -0.25) is 9.59 Å². The van der Waals surface area contributed by atoms with Crippen LogP contribution in [0.1, 0.15) is 71.8 Å². The molecule has 5 rings (SSSR count). The molecule has 0 radical (unpaired) electrons. The van der Waals surface area contributed by atoms with E-state index in [0.29, 0.717) is 60.3 Å². The smallest absolute Gasteiger partial charge is 0.356 e. The Kier molecular flexibility index (Phi) is 9.88. The second-order valence-electron chi connectivity index (χ2n) is 11.0. The molecule has 4 aromatic rings. The number of anilines is 2. The molecule has 234 valence electrons. The topological polar surface area (TPSA) is 94.0 Å². The highest BCUT2D eigenvalue weighted by Gasteiger charge is 2.38. The fourth-order valence-electron chi connectivity index (χ4n) is 5.89. The van der Waals surface area contributed by atoms with Crippen LogP contribution in [0.15, 0.2) is 79.1 Å². The van der Waals surface area contributed by atoms with Crippen LogP contribution in [-0.4, -0.2) is 46.6 Å². The van der Waals surface area contributed by atoms with E-state index in [1.165, 1.54) is 0 Å². The summed E-state index contributed by atoms with van der Waals surface area (Å²) in [4.78, 5) is 46.9. The first-order valence-electron chi connectivity index (χ1n) is 15.1. The quantitative estimate of drug-likeness (QED) is 0.138. The summed E-state index contributed by atoms with van der Waals surface area (Å²) in [6.45, 7) is 8.40. The number of ether oxygens (including phenoxy) is 2. The molecule has 10 heteroatoms. The summed E-state index contributed by atoms with van der Waals surface area (Å²) in [6, 6.07) is 21.7. The molecule has 3 aromatic carbocycles. The van der Waals surface area contributed by atoms with Crippen LogP contribution in [0.2, 0.25) is 5.02 Å². The van der Waals surface area contributed by atoms with Gasteiger partial charge in [0.25, 0.3) is 5.91 Å². The van der Waals surface area contributed by atoms with Crippen LogP contribution in [0.4, 0.5) is 11.4 Å². The maximum Gasteiger partial charge on any atom is 0.356 e. The van der Waals surface area contributed by atoms with Crippen LogP contribution in [0, 0.1) is 6.92 Å². The summed E-state index contributed by atoms with van der Waals surface area (Å²) in [5.74, 6) is 0.0563. The van der Waals surface area contributed by atoms with E-state index < -0.39 is 0 Å². The van der Waals surface area contributed by atoms with E-state index in [2.05, 4.69) is 4.98 Å². The van der Waals surface area contributed by atoms with Gasteiger partial charge >= 0.3 is 5.97 Å². The van der Waals surface area contributed by atoms with E-state index in [4.69, 9.17) is 21.1 Å². The van der Waals surface area contributed by atoms with Gasteiger partial charge in [-0.2, -0.15) is 0 Å². The van der Waals surface area contributed by atoms with Gasteiger partial charge in [0.05, 0.1) is 31.3 Å². The zero-order valence-electron chi connectivity index (χ0n) is 25.9. The third-order valence-corrected chi connectivity index (χ3v) is 8.19. The highest BCUT2D eigenvalue weighted by Crippen LogP contribution is 2.43. The van der Waals surface area contributed by atoms with Crippen molar-refractivity contribution in [3.63, 3.8) is 0 Å². The summed E-state index contributed by atoms with van der Waals surface area (Å²) >= 11 is 6.11. The standard InChI is InChI=1S/C35H37ClN4O5/c1-5-44-35(43)33-24(3)37-22-38(33)19-8-20-45-29-17-11-26(12-18-29)34(42)39-23(2)21-32(30-9-6-7-10-31(30)39)40(25(4)41)28-15-13-27(36)14-16-28/h6-7,9-18,22-23,32H,5,8,19-21H2,1-4H3/t23-,32+/m0/s1. The van der Waals surface area contributed by atoms with E-state index >= 15 is 0 Å². The lowest BCUT2D eigenvalue weighted by atomic mass is 9.89. The Labute approximate surface area is 268 Å². The minimum atomic E-state index is -0.382. The summed E-state index contributed by atoms with van der Waals surface area (Å²) < 4.78 is 12.9. The van der Waals surface area contributed by atoms with E-state index in [1.807, 2.05) is 48.2 Å². The van der Waals surface area contributed by atoms with Gasteiger partial charge < -0.3 is 23.8 Å². The van der Waals surface area contributed by atoms with Gasteiger partial charge in [-0.25, -0.2) is 9.78 Å². The Morgan fingerprint density at radius 2 is 1.73 bits per heavy atom. The average Bonchev–Trinajstić information content (AvgIpc) is 3.40. The SMILES string of the molecule is CCOC(=O)c1c(C)ncn1CCCOc1ccc(C(=O)N2c3ccccc3[C@H](N(C(C)=O)c3ccc(Cl)cc3)C[C@@H]2C)cc1. The van der Waals surface area contributed by atoms with Crippen molar-refractivity contribution in [3.05, 3.63) is 107 Å². The fourth-order valence-corrected chi connectivity index (χ4v) is 6.02. The largest absolute Gasteiger partial charge is 0.494 e. The zero-order chi connectivity index (χ0) is 32.1. The van der Waals surface area contributed by atoms with E-state index in [-0.39, 0.29) is 29.9 Å². The van der Waals surface area contributed by atoms with Gasteiger partial charge in [0.2, 0.25) is 5.91 Å². The monoisotopic (exact) mass is 628 g/mol. The predicted octanol–water partition coefficient (Wildman–Crippen LogP) is 7.02. The van der Waals surface area contributed by atoms with Crippen molar-refractivity contribution in [1.29, 1.82) is 0 Å². The van der Waals surface area contributed by atoms with Gasteiger partial charge in [-0.05, 0) is 93.8 Å². The van der Waals surface area contributed by atoms with Gasteiger partial charge in [0.1, 0.15) is 11.4 Å². The second kappa shape index (κ2) is 14.0. The highest BCUT2D eigenvalue weighted by atomic mass is 35.5. The molecule has 0 spiro atoms. The lowest BCUT2D eigenvalue weighted by Crippen LogP contribution is -2.47. The summed E-state index contributed by atoms with van der Waals surface area (Å²) in [5.41, 5.74) is 4.08. The number of amides is 2. The van der Waals surface area contributed by atoms with Crippen LogP contribution < -0.4 is 14.5 Å². The number of rotatable bonds is 10. The first-order chi connectivity index (χ1) is 21.7. The number of hydrogen-bond donors (Lipinski definition) is 0. The van der Waals surface area contributed by atoms with E-state index in [9.17, 15) is 14.4 Å². The number of carbonyl (C=O) groups is 3. The number of imidazole rings is 1. The molecular formula is C35H37ClN4O5. The Bertz CT molecular complexity index is 1670. The molecule has 45 heavy (non-hydrogen) atoms. The number of para-hydroxylation sites is 1. The number of benzene rings is 3. The number of nitrogens with zero attached hydrogens (tertiary/aromatic N) is 4. The maximum atomic E-state index is 13.9. The Morgan fingerprint density at radius 3 is 2.42 bits per heavy atom. The predicted molar refractivity (Wildman–Crippen MR) is 174 cm³/mol. The molecule has 0 aliphatic carbocycles. The minimum absolute atomic E-state index is 0.0840. The lowest BCUT2D eigenvalue weighted by molar-refractivity contribution is -0.117. The summed E-state index contributed by atoms with van der Waals surface area (Å²) in [7, 11) is 0. The number of aromatic nitrogens is 2. The van der Waals surface area contributed by atoms with Crippen LogP contribution >= 0.6 is 11.6 Å². The van der Waals surface area contributed by atoms with Gasteiger partial charge in [-0.15, -0.1) is 0 Å². The van der Waals surface area contributed by atoms with Gasteiger partial charge in [0.15, 0.2) is 0 Å². The fraction of sp³-hybridized carbons (Fsp3) is 0.314. The lowest BCUT2D eigenvalue weighted by Gasteiger charge is -2.43. The number of carbonyl (C=O) groups excluding carboxylic acids is 3. The number of hydrogen-bond acceptors (Lipinski definition) is 6. The van der Waals surface area contributed by atoms with Crippen molar-refractivity contribution in [1.82, 2.24) is 9.55 Å². The third-order valence-electron chi connectivity index (χ3n) is 7.94. The molecule has 2 amide bonds. The molecule has 0 unspecified atom stereocenters. The Hall–Kier alpha value is -4.63. The van der Waals surface area contributed by atoms with Crippen molar-refractivity contribution in [2.45, 2.75) is 59.2 Å². The van der Waals surface area contributed by atoms with Gasteiger partial charge in [0, 0.05) is 41.5 Å². The molecule has 2 heterocycles. The average molecular weight is 629 g/mol. The molecule has 9 nitrogen and oxygen atoms in total. The van der Waals surface area contributed by atoms with Crippen molar-refractivity contribution in [2.75, 3.05) is 23.0 Å².